The second-order valence-electron chi connectivity index (χ2n) is 8.31. The van der Waals surface area contributed by atoms with E-state index in [4.69, 9.17) is 9.47 Å². The van der Waals surface area contributed by atoms with E-state index in [1.807, 2.05) is 25.1 Å². The molecule has 0 fully saturated rings. The van der Waals surface area contributed by atoms with Gasteiger partial charge >= 0.3 is 0 Å². The number of benzene rings is 3. The molecule has 0 aliphatic heterocycles. The molecule has 3 rings (SSSR count). The molecular formula is C26H30N2O5S. The third kappa shape index (κ3) is 6.51. The zero-order valence-corrected chi connectivity index (χ0v) is 20.6. The van der Waals surface area contributed by atoms with Gasteiger partial charge in [0.15, 0.2) is 11.5 Å². The van der Waals surface area contributed by atoms with Crippen LogP contribution in [0.4, 0.5) is 5.69 Å². The summed E-state index contributed by atoms with van der Waals surface area (Å²) in [5.74, 6) is 1.38. The Kier molecular flexibility index (Phi) is 8.17. The van der Waals surface area contributed by atoms with Crippen molar-refractivity contribution in [2.24, 2.45) is 5.92 Å². The molecule has 0 saturated heterocycles. The van der Waals surface area contributed by atoms with Crippen molar-refractivity contribution in [1.29, 1.82) is 0 Å². The smallest absolute Gasteiger partial charge is 0.261 e. The van der Waals surface area contributed by atoms with Gasteiger partial charge in [-0.2, -0.15) is 0 Å². The number of carbonyl (C=O) groups is 1. The van der Waals surface area contributed by atoms with Crippen molar-refractivity contribution < 1.29 is 22.7 Å². The third-order valence-electron chi connectivity index (χ3n) is 5.06. The van der Waals surface area contributed by atoms with Crippen LogP contribution in [-0.2, 0) is 10.0 Å². The molecule has 0 aliphatic rings. The van der Waals surface area contributed by atoms with Crippen LogP contribution in [0.5, 0.6) is 11.5 Å². The van der Waals surface area contributed by atoms with Gasteiger partial charge in [0.05, 0.1) is 24.7 Å². The zero-order chi connectivity index (χ0) is 24.7. The maximum Gasteiger partial charge on any atom is 0.261 e. The number of rotatable bonds is 10. The second-order valence-corrected chi connectivity index (χ2v) is 9.99. The van der Waals surface area contributed by atoms with Gasteiger partial charge in [0.1, 0.15) is 0 Å². The minimum absolute atomic E-state index is 0.168. The maximum absolute atomic E-state index is 12.7. The molecule has 8 heteroatoms. The van der Waals surface area contributed by atoms with Crippen molar-refractivity contribution in [2.45, 2.75) is 31.7 Å². The zero-order valence-electron chi connectivity index (χ0n) is 19.7. The first kappa shape index (κ1) is 25.1. The van der Waals surface area contributed by atoms with Crippen LogP contribution in [0.2, 0.25) is 0 Å². The van der Waals surface area contributed by atoms with E-state index in [-0.39, 0.29) is 16.8 Å². The van der Waals surface area contributed by atoms with Crippen LogP contribution < -0.4 is 19.5 Å². The van der Waals surface area contributed by atoms with Crippen LogP contribution in [0.15, 0.2) is 77.7 Å². The summed E-state index contributed by atoms with van der Waals surface area (Å²) in [5, 5.41) is 2.95. The van der Waals surface area contributed by atoms with Crippen LogP contribution in [0.1, 0.15) is 42.7 Å². The molecule has 180 valence electrons. The standard InChI is InChI=1S/C26H30N2O5S/c1-18(2)17-33-24-15-12-21(16-25(24)32-4)19(3)27-26(29)20-10-13-22(14-11-20)28-34(30,31)23-8-6-5-7-9-23/h5-16,18-19,28H,17H2,1-4H3,(H,27,29). The SMILES string of the molecule is COc1cc(C(C)NC(=O)c2ccc(NS(=O)(=O)c3ccccc3)cc2)ccc1OCC(C)C. The molecule has 2 N–H and O–H groups in total. The van der Waals surface area contributed by atoms with Gasteiger partial charge in [0, 0.05) is 11.3 Å². The highest BCUT2D eigenvalue weighted by Gasteiger charge is 2.16. The molecule has 0 radical (unpaired) electrons. The highest BCUT2D eigenvalue weighted by molar-refractivity contribution is 7.92. The van der Waals surface area contributed by atoms with E-state index >= 15 is 0 Å². The Morgan fingerprint density at radius 2 is 1.59 bits per heavy atom. The largest absolute Gasteiger partial charge is 0.493 e. The lowest BCUT2D eigenvalue weighted by molar-refractivity contribution is 0.0940. The van der Waals surface area contributed by atoms with Gasteiger partial charge in [-0.25, -0.2) is 8.42 Å². The number of methoxy groups -OCH3 is 1. The predicted molar refractivity (Wildman–Crippen MR) is 133 cm³/mol. The molecule has 0 aromatic heterocycles. The number of amides is 1. The van der Waals surface area contributed by atoms with Crippen molar-refractivity contribution >= 4 is 21.6 Å². The maximum atomic E-state index is 12.7. The predicted octanol–water partition coefficient (Wildman–Crippen LogP) is 5.02. The first-order chi connectivity index (χ1) is 16.2. The summed E-state index contributed by atoms with van der Waals surface area (Å²) < 4.78 is 38.7. The summed E-state index contributed by atoms with van der Waals surface area (Å²) in [4.78, 5) is 12.9. The highest BCUT2D eigenvalue weighted by atomic mass is 32.2. The molecule has 1 unspecified atom stereocenters. The average molecular weight is 483 g/mol. The lowest BCUT2D eigenvalue weighted by Gasteiger charge is -2.18. The van der Waals surface area contributed by atoms with E-state index in [9.17, 15) is 13.2 Å². The van der Waals surface area contributed by atoms with Gasteiger partial charge in [-0.05, 0) is 66.9 Å². The van der Waals surface area contributed by atoms with Crippen LogP contribution in [-0.4, -0.2) is 28.0 Å². The van der Waals surface area contributed by atoms with Crippen molar-refractivity contribution in [2.75, 3.05) is 18.4 Å². The van der Waals surface area contributed by atoms with Crippen molar-refractivity contribution in [3.63, 3.8) is 0 Å². The highest BCUT2D eigenvalue weighted by Crippen LogP contribution is 2.31. The number of carbonyl (C=O) groups excluding carboxylic acids is 1. The summed E-state index contributed by atoms with van der Waals surface area (Å²) in [6, 6.07) is 19.7. The van der Waals surface area contributed by atoms with Gasteiger partial charge in [-0.1, -0.05) is 38.1 Å². The van der Waals surface area contributed by atoms with E-state index in [0.29, 0.717) is 35.3 Å². The summed E-state index contributed by atoms with van der Waals surface area (Å²) in [6.07, 6.45) is 0. The normalized spacial score (nSPS) is 12.1. The molecular weight excluding hydrogens is 452 g/mol. The number of nitrogens with one attached hydrogen (secondary N) is 2. The minimum Gasteiger partial charge on any atom is -0.493 e. The quantitative estimate of drug-likeness (QED) is 0.423. The molecule has 7 nitrogen and oxygen atoms in total. The van der Waals surface area contributed by atoms with Gasteiger partial charge < -0.3 is 14.8 Å². The molecule has 0 aliphatic carbocycles. The van der Waals surface area contributed by atoms with Crippen molar-refractivity contribution in [3.8, 4) is 11.5 Å². The molecule has 34 heavy (non-hydrogen) atoms. The van der Waals surface area contributed by atoms with Crippen LogP contribution in [0, 0.1) is 5.92 Å². The van der Waals surface area contributed by atoms with E-state index in [2.05, 4.69) is 23.9 Å². The molecule has 0 heterocycles. The molecule has 0 bridgehead atoms. The molecule has 1 atom stereocenters. The number of anilines is 1. The lowest BCUT2D eigenvalue weighted by atomic mass is 10.1. The average Bonchev–Trinajstić information content (AvgIpc) is 2.83. The Balaban J connectivity index is 1.65. The van der Waals surface area contributed by atoms with Crippen molar-refractivity contribution in [3.05, 3.63) is 83.9 Å². The number of hydrogen-bond donors (Lipinski definition) is 2. The molecule has 0 spiro atoms. The summed E-state index contributed by atoms with van der Waals surface area (Å²) >= 11 is 0. The minimum atomic E-state index is -3.69. The summed E-state index contributed by atoms with van der Waals surface area (Å²) in [6.45, 7) is 6.61. The van der Waals surface area contributed by atoms with E-state index < -0.39 is 10.0 Å². The summed E-state index contributed by atoms with van der Waals surface area (Å²) in [5.41, 5.74) is 1.66. The van der Waals surface area contributed by atoms with E-state index in [1.54, 1.807) is 49.6 Å². The Morgan fingerprint density at radius 3 is 2.21 bits per heavy atom. The van der Waals surface area contributed by atoms with Crippen LogP contribution in [0.3, 0.4) is 0 Å². The third-order valence-corrected chi connectivity index (χ3v) is 6.46. The Bertz CT molecular complexity index is 1210. The molecule has 3 aromatic carbocycles. The molecule has 1 amide bonds. The lowest BCUT2D eigenvalue weighted by Crippen LogP contribution is -2.26. The van der Waals surface area contributed by atoms with E-state index in [1.165, 1.54) is 12.1 Å². The number of ether oxygens (including phenoxy) is 2. The fourth-order valence-electron chi connectivity index (χ4n) is 3.20. The van der Waals surface area contributed by atoms with E-state index in [0.717, 1.165) is 5.56 Å². The Labute approximate surface area is 201 Å². The fourth-order valence-corrected chi connectivity index (χ4v) is 4.28. The fraction of sp³-hybridized carbons (Fsp3) is 0.269. The Morgan fingerprint density at radius 1 is 0.912 bits per heavy atom. The van der Waals surface area contributed by atoms with Gasteiger partial charge in [-0.15, -0.1) is 0 Å². The van der Waals surface area contributed by atoms with Crippen LogP contribution in [0.25, 0.3) is 0 Å². The van der Waals surface area contributed by atoms with Gasteiger partial charge in [0.2, 0.25) is 0 Å². The van der Waals surface area contributed by atoms with Crippen molar-refractivity contribution in [1.82, 2.24) is 5.32 Å². The topological polar surface area (TPSA) is 93.7 Å². The number of sulfonamides is 1. The second kappa shape index (κ2) is 11.1. The summed E-state index contributed by atoms with van der Waals surface area (Å²) in [7, 11) is -2.11. The monoisotopic (exact) mass is 482 g/mol. The first-order valence-corrected chi connectivity index (χ1v) is 12.5. The number of hydrogen-bond acceptors (Lipinski definition) is 5. The van der Waals surface area contributed by atoms with Gasteiger partial charge in [0.25, 0.3) is 15.9 Å². The first-order valence-electron chi connectivity index (χ1n) is 11.0. The van der Waals surface area contributed by atoms with Gasteiger partial charge in [-0.3, -0.25) is 9.52 Å². The molecule has 3 aromatic rings. The Hall–Kier alpha value is -3.52. The van der Waals surface area contributed by atoms with Crippen LogP contribution >= 0.6 is 0 Å². The molecule has 0 saturated carbocycles.